The molecular weight excluding hydrogens is 269 g/mol. The van der Waals surface area contributed by atoms with Gasteiger partial charge in [-0.1, -0.05) is 19.9 Å². The summed E-state index contributed by atoms with van der Waals surface area (Å²) in [5.74, 6) is 0.498. The van der Waals surface area contributed by atoms with E-state index in [1.165, 1.54) is 13.2 Å². The van der Waals surface area contributed by atoms with E-state index in [1.807, 2.05) is 0 Å². The molecular formula is C14H23ClFNO2. The zero-order valence-corrected chi connectivity index (χ0v) is 12.4. The smallest absolute Gasteiger partial charge is 0.131 e. The molecule has 0 radical (unpaired) electrons. The molecule has 0 aliphatic carbocycles. The Bertz CT molecular complexity index is 388. The maximum Gasteiger partial charge on any atom is 0.131 e. The summed E-state index contributed by atoms with van der Waals surface area (Å²) in [6, 6.07) is 3.80. The minimum absolute atomic E-state index is 0. The fourth-order valence-electron chi connectivity index (χ4n) is 1.80. The topological polar surface area (TPSA) is 55.5 Å². The second-order valence-corrected chi connectivity index (χ2v) is 4.95. The van der Waals surface area contributed by atoms with Crippen LogP contribution in [0.4, 0.5) is 4.39 Å². The van der Waals surface area contributed by atoms with Crippen molar-refractivity contribution >= 4 is 12.4 Å². The van der Waals surface area contributed by atoms with Gasteiger partial charge in [-0.25, -0.2) is 4.39 Å². The van der Waals surface area contributed by atoms with Crippen molar-refractivity contribution < 1.29 is 14.2 Å². The summed E-state index contributed by atoms with van der Waals surface area (Å²) in [5, 5.41) is 9.95. The summed E-state index contributed by atoms with van der Waals surface area (Å²) in [6.07, 6.45) is 0.715. The van der Waals surface area contributed by atoms with Gasteiger partial charge in [-0.05, 0) is 24.8 Å². The highest BCUT2D eigenvalue weighted by Gasteiger charge is 2.20. The number of rotatable bonds is 6. The van der Waals surface area contributed by atoms with E-state index in [2.05, 4.69) is 13.8 Å². The summed E-state index contributed by atoms with van der Waals surface area (Å²) < 4.78 is 18.7. The van der Waals surface area contributed by atoms with Crippen molar-refractivity contribution in [2.75, 3.05) is 7.11 Å². The molecule has 19 heavy (non-hydrogen) atoms. The third-order valence-electron chi connectivity index (χ3n) is 3.02. The first-order chi connectivity index (χ1) is 8.45. The largest absolute Gasteiger partial charge is 0.497 e. The van der Waals surface area contributed by atoms with Gasteiger partial charge in [0, 0.05) is 11.6 Å². The van der Waals surface area contributed by atoms with Crippen LogP contribution in [0.15, 0.2) is 18.2 Å². The second-order valence-electron chi connectivity index (χ2n) is 4.95. The van der Waals surface area contributed by atoms with Gasteiger partial charge in [-0.3, -0.25) is 0 Å². The van der Waals surface area contributed by atoms with Crippen LogP contribution in [0.1, 0.15) is 38.3 Å². The van der Waals surface area contributed by atoms with E-state index in [0.717, 1.165) is 6.42 Å². The molecule has 0 heterocycles. The van der Waals surface area contributed by atoms with Gasteiger partial charge in [0.1, 0.15) is 11.6 Å². The molecule has 5 heteroatoms. The zero-order chi connectivity index (χ0) is 13.7. The van der Waals surface area contributed by atoms with Crippen LogP contribution < -0.4 is 10.5 Å². The molecule has 3 nitrogen and oxygen atoms in total. The summed E-state index contributed by atoms with van der Waals surface area (Å²) in [6.45, 7) is 4.15. The lowest BCUT2D eigenvalue weighted by Gasteiger charge is -2.20. The molecule has 0 bridgehead atoms. The molecule has 0 fully saturated rings. The van der Waals surface area contributed by atoms with Crippen LogP contribution in [0, 0.1) is 11.7 Å². The normalized spacial score (nSPS) is 13.8. The van der Waals surface area contributed by atoms with Crippen LogP contribution >= 0.6 is 12.4 Å². The minimum atomic E-state index is -0.727. The van der Waals surface area contributed by atoms with Gasteiger partial charge in [0.2, 0.25) is 0 Å². The highest BCUT2D eigenvalue weighted by atomic mass is 35.5. The number of aliphatic hydroxyl groups is 1. The van der Waals surface area contributed by atoms with Crippen LogP contribution in [-0.4, -0.2) is 18.3 Å². The Balaban J connectivity index is 0.00000324. The molecule has 0 unspecified atom stereocenters. The van der Waals surface area contributed by atoms with E-state index in [9.17, 15) is 9.50 Å². The number of hydrogen-bond donors (Lipinski definition) is 2. The molecule has 0 saturated carbocycles. The molecule has 3 N–H and O–H groups in total. The Kier molecular flexibility index (Phi) is 7.99. The van der Waals surface area contributed by atoms with Crippen molar-refractivity contribution in [1.29, 1.82) is 0 Å². The Morgan fingerprint density at radius 3 is 2.42 bits per heavy atom. The third kappa shape index (κ3) is 5.35. The van der Waals surface area contributed by atoms with Crippen molar-refractivity contribution in [3.63, 3.8) is 0 Å². The highest BCUT2D eigenvalue weighted by molar-refractivity contribution is 5.85. The van der Waals surface area contributed by atoms with E-state index >= 15 is 0 Å². The Labute approximate surface area is 120 Å². The summed E-state index contributed by atoms with van der Waals surface area (Å²) in [5.41, 5.74) is 6.21. The second kappa shape index (κ2) is 8.35. The van der Waals surface area contributed by atoms with Crippen LogP contribution in [0.3, 0.4) is 0 Å². The van der Waals surface area contributed by atoms with Crippen molar-refractivity contribution in [2.24, 2.45) is 11.7 Å². The minimum Gasteiger partial charge on any atom is -0.497 e. The number of methoxy groups -OCH3 is 1. The average Bonchev–Trinajstić information content (AvgIpc) is 2.34. The van der Waals surface area contributed by atoms with Crippen LogP contribution in [0.5, 0.6) is 5.75 Å². The van der Waals surface area contributed by atoms with Crippen LogP contribution in [-0.2, 0) is 0 Å². The molecule has 0 saturated heterocycles. The number of halogens is 2. The van der Waals surface area contributed by atoms with E-state index in [-0.39, 0.29) is 12.4 Å². The summed E-state index contributed by atoms with van der Waals surface area (Å²) in [7, 11) is 1.48. The molecule has 0 aromatic heterocycles. The molecule has 1 rings (SSSR count). The molecule has 110 valence electrons. The Morgan fingerprint density at radius 1 is 1.32 bits per heavy atom. The van der Waals surface area contributed by atoms with Gasteiger partial charge in [-0.2, -0.15) is 0 Å². The van der Waals surface area contributed by atoms with Gasteiger partial charge in [0.05, 0.1) is 19.3 Å². The average molecular weight is 292 g/mol. The highest BCUT2D eigenvalue weighted by Crippen LogP contribution is 2.24. The number of nitrogens with two attached hydrogens (primary N) is 1. The van der Waals surface area contributed by atoms with Gasteiger partial charge in [0.25, 0.3) is 0 Å². The maximum absolute atomic E-state index is 13.8. The maximum atomic E-state index is 13.8. The molecule has 0 spiro atoms. The molecule has 2 atom stereocenters. The zero-order valence-electron chi connectivity index (χ0n) is 11.6. The predicted octanol–water partition coefficient (Wildman–Crippen LogP) is 3.05. The number of benzene rings is 1. The molecule has 1 aromatic carbocycles. The lowest BCUT2D eigenvalue weighted by atomic mass is 9.95. The number of aliphatic hydroxyl groups excluding tert-OH is 1. The number of hydrogen-bond acceptors (Lipinski definition) is 3. The van der Waals surface area contributed by atoms with Gasteiger partial charge >= 0.3 is 0 Å². The van der Waals surface area contributed by atoms with Crippen molar-refractivity contribution in [1.82, 2.24) is 0 Å². The fraction of sp³-hybridized carbons (Fsp3) is 0.571. The molecule has 0 aliphatic heterocycles. The quantitative estimate of drug-likeness (QED) is 0.847. The predicted molar refractivity (Wildman–Crippen MR) is 77.2 cm³/mol. The molecule has 1 aromatic rings. The Hall–Kier alpha value is -0.840. The van der Waals surface area contributed by atoms with Crippen LogP contribution in [0.2, 0.25) is 0 Å². The first kappa shape index (κ1) is 18.2. The van der Waals surface area contributed by atoms with Gasteiger partial charge in [-0.15, -0.1) is 12.4 Å². The summed E-state index contributed by atoms with van der Waals surface area (Å²) >= 11 is 0. The lowest BCUT2D eigenvalue weighted by Crippen LogP contribution is -2.27. The van der Waals surface area contributed by atoms with E-state index in [1.54, 1.807) is 12.1 Å². The monoisotopic (exact) mass is 291 g/mol. The van der Waals surface area contributed by atoms with Crippen molar-refractivity contribution in [3.8, 4) is 5.75 Å². The molecule has 0 amide bonds. The number of ether oxygens (including phenoxy) is 1. The van der Waals surface area contributed by atoms with Crippen molar-refractivity contribution in [3.05, 3.63) is 29.6 Å². The first-order valence-corrected chi connectivity index (χ1v) is 6.22. The third-order valence-corrected chi connectivity index (χ3v) is 3.02. The van der Waals surface area contributed by atoms with E-state index < -0.39 is 18.0 Å². The SMILES string of the molecule is COc1ccc([C@@H](N)[C@@H](O)CCC(C)C)c(F)c1.Cl. The van der Waals surface area contributed by atoms with E-state index in [4.69, 9.17) is 10.5 Å². The van der Waals surface area contributed by atoms with Crippen LogP contribution in [0.25, 0.3) is 0 Å². The standard InChI is InChI=1S/C14H22FNO2.ClH/c1-9(2)4-7-13(17)14(16)11-6-5-10(18-3)8-12(11)15;/h5-6,8-9,13-14,17H,4,7,16H2,1-3H3;1H/t13-,14+;/m0./s1. The summed E-state index contributed by atoms with van der Waals surface area (Å²) in [4.78, 5) is 0. The molecule has 0 aliphatic rings. The van der Waals surface area contributed by atoms with Crippen molar-refractivity contribution in [2.45, 2.75) is 38.8 Å². The first-order valence-electron chi connectivity index (χ1n) is 6.22. The van der Waals surface area contributed by atoms with Gasteiger partial charge < -0.3 is 15.6 Å². The lowest BCUT2D eigenvalue weighted by molar-refractivity contribution is 0.127. The fourth-order valence-corrected chi connectivity index (χ4v) is 1.80. The van der Waals surface area contributed by atoms with E-state index in [0.29, 0.717) is 23.7 Å². The Morgan fingerprint density at radius 2 is 1.95 bits per heavy atom. The van der Waals surface area contributed by atoms with Gasteiger partial charge in [0.15, 0.2) is 0 Å².